The zero-order valence-electron chi connectivity index (χ0n) is 14.1. The van der Waals surface area contributed by atoms with Gasteiger partial charge in [0.2, 0.25) is 0 Å². The minimum atomic E-state index is -0.306. The first-order valence-corrected chi connectivity index (χ1v) is 8.25. The highest BCUT2D eigenvalue weighted by atomic mass is 19.1. The van der Waals surface area contributed by atoms with Crippen LogP contribution in [-0.2, 0) is 0 Å². The smallest absolute Gasteiger partial charge is 0.254 e. The summed E-state index contributed by atoms with van der Waals surface area (Å²) >= 11 is 0. The second-order valence-corrected chi connectivity index (χ2v) is 6.19. The van der Waals surface area contributed by atoms with E-state index in [0.717, 1.165) is 0 Å². The third kappa shape index (κ3) is 4.09. The van der Waals surface area contributed by atoms with Crippen LogP contribution in [0.2, 0.25) is 0 Å². The van der Waals surface area contributed by atoms with Crippen LogP contribution in [0, 0.1) is 12.7 Å². The van der Waals surface area contributed by atoms with Gasteiger partial charge in [0, 0.05) is 49.7 Å². The first-order valence-electron chi connectivity index (χ1n) is 8.25. The zero-order chi connectivity index (χ0) is 17.8. The average molecular weight is 341 g/mol. The zero-order valence-corrected chi connectivity index (χ0v) is 14.1. The van der Waals surface area contributed by atoms with Gasteiger partial charge >= 0.3 is 0 Å². The summed E-state index contributed by atoms with van der Waals surface area (Å²) in [5.41, 5.74) is 1.62. The fourth-order valence-electron chi connectivity index (χ4n) is 2.90. The first-order chi connectivity index (χ1) is 12.0. The first kappa shape index (κ1) is 17.2. The van der Waals surface area contributed by atoms with E-state index in [-0.39, 0.29) is 24.1 Å². The van der Waals surface area contributed by atoms with Crippen molar-refractivity contribution in [3.63, 3.8) is 0 Å². The Bertz CT molecular complexity index is 771. The maximum Gasteiger partial charge on any atom is 0.254 e. The molecule has 1 aromatic carbocycles. The van der Waals surface area contributed by atoms with Gasteiger partial charge in [-0.25, -0.2) is 4.39 Å². The van der Waals surface area contributed by atoms with Gasteiger partial charge in [-0.1, -0.05) is 0 Å². The molecule has 1 amide bonds. The molecule has 3 rings (SSSR count). The summed E-state index contributed by atoms with van der Waals surface area (Å²) in [7, 11) is 0. The van der Waals surface area contributed by atoms with Crippen LogP contribution in [-0.4, -0.2) is 59.2 Å². The van der Waals surface area contributed by atoms with Gasteiger partial charge in [-0.3, -0.25) is 19.5 Å². The minimum absolute atomic E-state index is 0.0115. The van der Waals surface area contributed by atoms with Crippen molar-refractivity contribution in [1.82, 2.24) is 14.8 Å². The second kappa shape index (κ2) is 7.53. The van der Waals surface area contributed by atoms with Crippen molar-refractivity contribution in [3.05, 3.63) is 65.2 Å². The van der Waals surface area contributed by atoms with E-state index in [0.29, 0.717) is 42.9 Å². The number of nitrogens with zero attached hydrogens (tertiary/aromatic N) is 3. The topological polar surface area (TPSA) is 53.5 Å². The van der Waals surface area contributed by atoms with Gasteiger partial charge in [0.25, 0.3) is 5.91 Å². The van der Waals surface area contributed by atoms with Crippen molar-refractivity contribution in [1.29, 1.82) is 0 Å². The standard InChI is InChI=1S/C19H20FN3O2/c1-14-12-16(2-3-17(14)20)18(24)13-22-8-10-23(11-9-22)19(25)15-4-6-21-7-5-15/h2-7,12H,8-11,13H2,1H3. The molecule has 1 fully saturated rings. The molecule has 1 aromatic heterocycles. The minimum Gasteiger partial charge on any atom is -0.336 e. The van der Waals surface area contributed by atoms with Crippen LogP contribution in [0.15, 0.2) is 42.7 Å². The molecule has 130 valence electrons. The van der Waals surface area contributed by atoms with E-state index in [4.69, 9.17) is 0 Å². The predicted molar refractivity (Wildman–Crippen MR) is 92.0 cm³/mol. The Morgan fingerprint density at radius 3 is 2.36 bits per heavy atom. The molecule has 0 bridgehead atoms. The third-order valence-corrected chi connectivity index (χ3v) is 4.43. The Hall–Kier alpha value is -2.60. The molecule has 1 aliphatic heterocycles. The maximum absolute atomic E-state index is 13.3. The van der Waals surface area contributed by atoms with Crippen molar-refractivity contribution < 1.29 is 14.0 Å². The molecule has 0 unspecified atom stereocenters. The number of aryl methyl sites for hydroxylation is 1. The molecule has 25 heavy (non-hydrogen) atoms. The van der Waals surface area contributed by atoms with Crippen LogP contribution in [0.5, 0.6) is 0 Å². The summed E-state index contributed by atoms with van der Waals surface area (Å²) in [6, 6.07) is 7.84. The molecule has 0 saturated carbocycles. The Labute approximate surface area is 146 Å². The van der Waals surface area contributed by atoms with Gasteiger partial charge < -0.3 is 4.90 Å². The van der Waals surface area contributed by atoms with Crippen molar-refractivity contribution in [2.75, 3.05) is 32.7 Å². The number of aromatic nitrogens is 1. The largest absolute Gasteiger partial charge is 0.336 e. The molecule has 1 aliphatic rings. The van der Waals surface area contributed by atoms with Crippen LogP contribution in [0.25, 0.3) is 0 Å². The summed E-state index contributed by atoms with van der Waals surface area (Å²) in [6.45, 7) is 4.37. The van der Waals surface area contributed by atoms with E-state index < -0.39 is 0 Å². The number of benzene rings is 1. The number of carbonyl (C=O) groups excluding carboxylic acids is 2. The Kier molecular flexibility index (Phi) is 5.19. The molecule has 2 heterocycles. The quantitative estimate of drug-likeness (QED) is 0.800. The second-order valence-electron chi connectivity index (χ2n) is 6.19. The Balaban J connectivity index is 1.54. The highest BCUT2D eigenvalue weighted by molar-refractivity contribution is 5.98. The molecule has 1 saturated heterocycles. The molecule has 0 spiro atoms. The van der Waals surface area contributed by atoms with Crippen molar-refractivity contribution in [3.8, 4) is 0 Å². The monoisotopic (exact) mass is 341 g/mol. The number of hydrogen-bond acceptors (Lipinski definition) is 4. The lowest BCUT2D eigenvalue weighted by Gasteiger charge is -2.34. The Morgan fingerprint density at radius 1 is 1.04 bits per heavy atom. The molecular weight excluding hydrogens is 321 g/mol. The van der Waals surface area contributed by atoms with Crippen LogP contribution in [0.4, 0.5) is 4.39 Å². The number of ketones is 1. The van der Waals surface area contributed by atoms with Crippen molar-refractivity contribution in [2.24, 2.45) is 0 Å². The summed E-state index contributed by atoms with van der Waals surface area (Å²) in [6.07, 6.45) is 3.21. The molecule has 0 aliphatic carbocycles. The lowest BCUT2D eigenvalue weighted by atomic mass is 10.1. The predicted octanol–water partition coefficient (Wildman–Crippen LogP) is 2.17. The number of halogens is 1. The number of hydrogen-bond donors (Lipinski definition) is 0. The number of pyridine rings is 1. The van der Waals surface area contributed by atoms with E-state index in [2.05, 4.69) is 4.98 Å². The summed E-state index contributed by atoms with van der Waals surface area (Å²) < 4.78 is 13.3. The summed E-state index contributed by atoms with van der Waals surface area (Å²) in [5.74, 6) is -0.348. The molecule has 2 aromatic rings. The van der Waals surface area contributed by atoms with Gasteiger partial charge in [0.1, 0.15) is 5.82 Å². The summed E-state index contributed by atoms with van der Waals surface area (Å²) in [5, 5.41) is 0. The van der Waals surface area contributed by atoms with Crippen molar-refractivity contribution >= 4 is 11.7 Å². The third-order valence-electron chi connectivity index (χ3n) is 4.43. The molecule has 5 nitrogen and oxygen atoms in total. The van der Waals surface area contributed by atoms with Crippen molar-refractivity contribution in [2.45, 2.75) is 6.92 Å². The van der Waals surface area contributed by atoms with Crippen LogP contribution >= 0.6 is 0 Å². The molecule has 0 radical (unpaired) electrons. The molecule has 0 atom stereocenters. The van der Waals surface area contributed by atoms with Gasteiger partial charge in [-0.2, -0.15) is 0 Å². The van der Waals surface area contributed by atoms with Crippen LogP contribution < -0.4 is 0 Å². The SMILES string of the molecule is Cc1cc(C(=O)CN2CCN(C(=O)c3ccncc3)CC2)ccc1F. The number of rotatable bonds is 4. The number of carbonyl (C=O) groups is 2. The highest BCUT2D eigenvalue weighted by Crippen LogP contribution is 2.12. The number of Topliss-reactive ketones (excluding diaryl/α,β-unsaturated/α-hetero) is 1. The summed E-state index contributed by atoms with van der Waals surface area (Å²) in [4.78, 5) is 32.5. The van der Waals surface area contributed by atoms with Gasteiger partial charge in [0.15, 0.2) is 5.78 Å². The number of amides is 1. The molecule has 6 heteroatoms. The Morgan fingerprint density at radius 2 is 1.72 bits per heavy atom. The van der Waals surface area contributed by atoms with Gasteiger partial charge in [-0.05, 0) is 42.8 Å². The fourth-order valence-corrected chi connectivity index (χ4v) is 2.90. The lowest BCUT2D eigenvalue weighted by molar-refractivity contribution is 0.0624. The van der Waals surface area contributed by atoms with Crippen LogP contribution in [0.3, 0.4) is 0 Å². The molecule has 0 N–H and O–H groups in total. The normalized spacial score (nSPS) is 15.2. The van der Waals surface area contributed by atoms with Gasteiger partial charge in [-0.15, -0.1) is 0 Å². The van der Waals surface area contributed by atoms with E-state index in [9.17, 15) is 14.0 Å². The average Bonchev–Trinajstić information content (AvgIpc) is 2.64. The van der Waals surface area contributed by atoms with Crippen LogP contribution in [0.1, 0.15) is 26.3 Å². The highest BCUT2D eigenvalue weighted by Gasteiger charge is 2.23. The van der Waals surface area contributed by atoms with E-state index in [1.807, 2.05) is 4.90 Å². The van der Waals surface area contributed by atoms with E-state index >= 15 is 0 Å². The lowest BCUT2D eigenvalue weighted by Crippen LogP contribution is -2.49. The van der Waals surface area contributed by atoms with E-state index in [1.165, 1.54) is 12.1 Å². The molecular formula is C19H20FN3O2. The maximum atomic E-state index is 13.3. The fraction of sp³-hybridized carbons (Fsp3) is 0.316. The number of piperazine rings is 1. The van der Waals surface area contributed by atoms with E-state index in [1.54, 1.807) is 42.4 Å². The van der Waals surface area contributed by atoms with Gasteiger partial charge in [0.05, 0.1) is 6.54 Å².